The summed E-state index contributed by atoms with van der Waals surface area (Å²) in [6.45, 7) is 0.299. The molecule has 1 aromatic heterocycles. The number of nitrogens with zero attached hydrogens (tertiary/aromatic N) is 2. The van der Waals surface area contributed by atoms with Crippen molar-refractivity contribution in [1.29, 1.82) is 0 Å². The first-order valence-corrected chi connectivity index (χ1v) is 7.62. The van der Waals surface area contributed by atoms with Crippen LogP contribution in [0.15, 0.2) is 60.8 Å². The van der Waals surface area contributed by atoms with Gasteiger partial charge in [0.05, 0.1) is 11.9 Å². The average Bonchev–Trinajstić information content (AvgIpc) is 3.02. The van der Waals surface area contributed by atoms with E-state index < -0.39 is 5.91 Å². The Labute approximate surface area is 144 Å². The number of hydrogen-bond donors (Lipinski definition) is 3. The lowest BCUT2D eigenvalue weighted by Gasteiger charge is -2.07. The van der Waals surface area contributed by atoms with Crippen LogP contribution in [-0.4, -0.2) is 21.6 Å². The van der Waals surface area contributed by atoms with Gasteiger partial charge in [-0.2, -0.15) is 5.10 Å². The van der Waals surface area contributed by atoms with E-state index in [-0.39, 0.29) is 11.7 Å². The molecule has 0 atom stereocenters. The molecule has 0 fully saturated rings. The second kappa shape index (κ2) is 6.88. The van der Waals surface area contributed by atoms with Gasteiger partial charge in [-0.05, 0) is 29.8 Å². The van der Waals surface area contributed by atoms with E-state index in [9.17, 15) is 9.59 Å². The summed E-state index contributed by atoms with van der Waals surface area (Å²) in [4.78, 5) is 23.4. The third-order valence-corrected chi connectivity index (χ3v) is 3.74. The number of nitrogens with two attached hydrogens (primary N) is 2. The average molecular weight is 335 g/mol. The van der Waals surface area contributed by atoms with Crippen LogP contribution < -0.4 is 16.8 Å². The lowest BCUT2D eigenvalue weighted by atomic mass is 10.1. The van der Waals surface area contributed by atoms with Crippen LogP contribution in [0, 0.1) is 0 Å². The van der Waals surface area contributed by atoms with Gasteiger partial charge in [-0.1, -0.05) is 30.3 Å². The number of carbonyl (C=O) groups is 2. The summed E-state index contributed by atoms with van der Waals surface area (Å²) in [5.41, 5.74) is 13.6. The number of aromatic nitrogens is 2. The number of hydrogen-bond acceptors (Lipinski definition) is 4. The molecule has 2 amide bonds. The SMILES string of the molecule is NC(=O)c1ccc(CNC(=O)c2cnn(-c3ccccc3)c2N)cc1. The number of rotatable bonds is 5. The maximum atomic E-state index is 12.3. The van der Waals surface area contributed by atoms with Crippen LogP contribution in [0.2, 0.25) is 0 Å². The molecule has 7 heteroatoms. The summed E-state index contributed by atoms with van der Waals surface area (Å²) in [7, 11) is 0. The molecule has 0 aliphatic heterocycles. The first-order chi connectivity index (χ1) is 12.1. The van der Waals surface area contributed by atoms with Crippen LogP contribution in [0.4, 0.5) is 5.82 Å². The van der Waals surface area contributed by atoms with E-state index in [0.717, 1.165) is 11.3 Å². The van der Waals surface area contributed by atoms with Crippen molar-refractivity contribution in [3.8, 4) is 5.69 Å². The Morgan fingerprint density at radius 3 is 2.36 bits per heavy atom. The summed E-state index contributed by atoms with van der Waals surface area (Å²) in [6.07, 6.45) is 1.44. The van der Waals surface area contributed by atoms with E-state index in [4.69, 9.17) is 11.5 Å². The van der Waals surface area contributed by atoms with Crippen molar-refractivity contribution >= 4 is 17.6 Å². The summed E-state index contributed by atoms with van der Waals surface area (Å²) in [6, 6.07) is 16.0. The highest BCUT2D eigenvalue weighted by Crippen LogP contribution is 2.16. The van der Waals surface area contributed by atoms with E-state index in [1.165, 1.54) is 10.9 Å². The van der Waals surface area contributed by atoms with Crippen LogP contribution >= 0.6 is 0 Å². The highest BCUT2D eigenvalue weighted by molar-refractivity contribution is 5.98. The standard InChI is InChI=1S/C18H17N5O2/c19-16-15(11-22-23(16)14-4-2-1-3-5-14)18(25)21-10-12-6-8-13(9-7-12)17(20)24/h1-9,11H,10,19H2,(H2,20,24)(H,21,25). The normalized spacial score (nSPS) is 10.4. The molecule has 0 spiro atoms. The van der Waals surface area contributed by atoms with E-state index in [1.807, 2.05) is 30.3 Å². The largest absolute Gasteiger partial charge is 0.383 e. The van der Waals surface area contributed by atoms with E-state index in [2.05, 4.69) is 10.4 Å². The van der Waals surface area contributed by atoms with Crippen LogP contribution in [0.25, 0.3) is 5.69 Å². The third-order valence-electron chi connectivity index (χ3n) is 3.74. The van der Waals surface area contributed by atoms with Gasteiger partial charge in [0.1, 0.15) is 11.4 Å². The van der Waals surface area contributed by atoms with Gasteiger partial charge in [-0.25, -0.2) is 4.68 Å². The van der Waals surface area contributed by atoms with Crippen molar-refractivity contribution < 1.29 is 9.59 Å². The smallest absolute Gasteiger partial charge is 0.256 e. The number of nitrogen functional groups attached to an aromatic ring is 1. The number of para-hydroxylation sites is 1. The van der Waals surface area contributed by atoms with Crippen LogP contribution in [0.1, 0.15) is 26.3 Å². The van der Waals surface area contributed by atoms with Gasteiger partial charge >= 0.3 is 0 Å². The molecular formula is C18H17N5O2. The Morgan fingerprint density at radius 1 is 1.04 bits per heavy atom. The van der Waals surface area contributed by atoms with Crippen LogP contribution in [0.3, 0.4) is 0 Å². The predicted octanol–water partition coefficient (Wildman–Crippen LogP) is 1.48. The van der Waals surface area contributed by atoms with Crippen LogP contribution in [-0.2, 0) is 6.54 Å². The fourth-order valence-corrected chi connectivity index (χ4v) is 2.37. The Bertz CT molecular complexity index is 901. The van der Waals surface area contributed by atoms with Gasteiger partial charge < -0.3 is 16.8 Å². The topological polar surface area (TPSA) is 116 Å². The molecule has 3 rings (SSSR count). The number of amides is 2. The molecule has 7 nitrogen and oxygen atoms in total. The molecule has 0 aliphatic carbocycles. The maximum Gasteiger partial charge on any atom is 0.256 e. The van der Waals surface area contributed by atoms with Gasteiger partial charge in [0.2, 0.25) is 5.91 Å². The number of carbonyl (C=O) groups excluding carboxylic acids is 2. The highest BCUT2D eigenvalue weighted by Gasteiger charge is 2.15. The molecule has 126 valence electrons. The van der Waals surface area contributed by atoms with Gasteiger partial charge in [0, 0.05) is 12.1 Å². The summed E-state index contributed by atoms with van der Waals surface area (Å²) in [5.74, 6) is -0.539. The number of benzene rings is 2. The van der Waals surface area contributed by atoms with Crippen molar-refractivity contribution in [2.75, 3.05) is 5.73 Å². The Hall–Kier alpha value is -3.61. The molecule has 5 N–H and O–H groups in total. The first kappa shape index (κ1) is 16.3. The van der Waals surface area contributed by atoms with Crippen LogP contribution in [0.5, 0.6) is 0 Å². The van der Waals surface area contributed by atoms with Crippen molar-refractivity contribution in [3.63, 3.8) is 0 Å². The van der Waals surface area contributed by atoms with Gasteiger partial charge in [-0.15, -0.1) is 0 Å². The first-order valence-electron chi connectivity index (χ1n) is 7.62. The minimum Gasteiger partial charge on any atom is -0.383 e. The Morgan fingerprint density at radius 2 is 1.72 bits per heavy atom. The third kappa shape index (κ3) is 3.50. The zero-order valence-corrected chi connectivity index (χ0v) is 13.3. The molecular weight excluding hydrogens is 318 g/mol. The van der Waals surface area contributed by atoms with Crippen molar-refractivity contribution in [1.82, 2.24) is 15.1 Å². The lowest BCUT2D eigenvalue weighted by Crippen LogP contribution is -2.23. The molecule has 0 radical (unpaired) electrons. The Kier molecular flexibility index (Phi) is 4.47. The highest BCUT2D eigenvalue weighted by atomic mass is 16.2. The minimum absolute atomic E-state index is 0.271. The van der Waals surface area contributed by atoms with Gasteiger partial charge in [0.15, 0.2) is 0 Å². The molecule has 1 heterocycles. The fraction of sp³-hybridized carbons (Fsp3) is 0.0556. The van der Waals surface area contributed by atoms with E-state index in [1.54, 1.807) is 24.3 Å². The minimum atomic E-state index is -0.489. The van der Waals surface area contributed by atoms with Crippen molar-refractivity contribution in [2.45, 2.75) is 6.54 Å². The molecule has 0 saturated carbocycles. The Balaban J connectivity index is 1.70. The van der Waals surface area contributed by atoms with Gasteiger partial charge in [-0.3, -0.25) is 9.59 Å². The molecule has 0 saturated heterocycles. The predicted molar refractivity (Wildman–Crippen MR) is 94.1 cm³/mol. The second-order valence-corrected chi connectivity index (χ2v) is 5.43. The number of primary amides is 1. The molecule has 0 bridgehead atoms. The lowest BCUT2D eigenvalue weighted by molar-refractivity contribution is 0.0950. The molecule has 0 unspecified atom stereocenters. The summed E-state index contributed by atoms with van der Waals surface area (Å²) in [5, 5.41) is 6.95. The summed E-state index contributed by atoms with van der Waals surface area (Å²) >= 11 is 0. The number of anilines is 1. The summed E-state index contributed by atoms with van der Waals surface area (Å²) < 4.78 is 1.51. The maximum absolute atomic E-state index is 12.3. The van der Waals surface area contributed by atoms with E-state index >= 15 is 0 Å². The second-order valence-electron chi connectivity index (χ2n) is 5.43. The molecule has 2 aromatic carbocycles. The van der Waals surface area contributed by atoms with Crippen molar-refractivity contribution in [2.24, 2.45) is 5.73 Å². The van der Waals surface area contributed by atoms with Gasteiger partial charge in [0.25, 0.3) is 5.91 Å². The molecule has 3 aromatic rings. The van der Waals surface area contributed by atoms with E-state index in [0.29, 0.717) is 17.7 Å². The zero-order chi connectivity index (χ0) is 17.8. The fourth-order valence-electron chi connectivity index (χ4n) is 2.37. The molecule has 0 aliphatic rings. The monoisotopic (exact) mass is 335 g/mol. The quantitative estimate of drug-likeness (QED) is 0.655. The van der Waals surface area contributed by atoms with Crippen molar-refractivity contribution in [3.05, 3.63) is 77.5 Å². The zero-order valence-electron chi connectivity index (χ0n) is 13.3. The number of nitrogens with one attached hydrogen (secondary N) is 1. The molecule has 25 heavy (non-hydrogen) atoms.